The molecule has 19 heavy (non-hydrogen) atoms. The van der Waals surface area contributed by atoms with Gasteiger partial charge in [-0.05, 0) is 36.8 Å². The molecule has 2 aromatic rings. The van der Waals surface area contributed by atoms with Crippen molar-refractivity contribution >= 4 is 34.9 Å². The minimum absolute atomic E-state index is 0.00636. The number of hydrogen-bond donors (Lipinski definition) is 1. The van der Waals surface area contributed by atoms with Gasteiger partial charge in [0.05, 0.1) is 15.6 Å². The molecule has 0 fully saturated rings. The van der Waals surface area contributed by atoms with E-state index in [2.05, 4.69) is 10.3 Å². The highest BCUT2D eigenvalue weighted by atomic mass is 35.5. The lowest BCUT2D eigenvalue weighted by molar-refractivity contribution is 0.102. The van der Waals surface area contributed by atoms with Gasteiger partial charge < -0.3 is 5.32 Å². The molecule has 0 atom stereocenters. The molecule has 1 amide bonds. The first-order valence-corrected chi connectivity index (χ1v) is 6.11. The van der Waals surface area contributed by atoms with Crippen LogP contribution in [0.15, 0.2) is 30.5 Å². The van der Waals surface area contributed by atoms with Crippen molar-refractivity contribution < 1.29 is 9.18 Å². The number of benzene rings is 1. The second-order valence-electron chi connectivity index (χ2n) is 3.92. The quantitative estimate of drug-likeness (QED) is 0.849. The summed E-state index contributed by atoms with van der Waals surface area (Å²) in [5.74, 6) is -0.872. The van der Waals surface area contributed by atoms with Gasteiger partial charge in [0.1, 0.15) is 11.6 Å². The topological polar surface area (TPSA) is 42.0 Å². The highest BCUT2D eigenvalue weighted by molar-refractivity contribution is 6.37. The number of carbonyl (C=O) groups excluding carboxylic acids is 1. The molecule has 0 bridgehead atoms. The van der Waals surface area contributed by atoms with E-state index in [9.17, 15) is 9.18 Å². The molecule has 0 saturated heterocycles. The van der Waals surface area contributed by atoms with Crippen molar-refractivity contribution in [3.63, 3.8) is 0 Å². The van der Waals surface area contributed by atoms with Gasteiger partial charge in [0.2, 0.25) is 0 Å². The van der Waals surface area contributed by atoms with Crippen molar-refractivity contribution in [1.29, 1.82) is 0 Å². The van der Waals surface area contributed by atoms with Gasteiger partial charge in [-0.3, -0.25) is 4.79 Å². The van der Waals surface area contributed by atoms with Crippen molar-refractivity contribution in [3.8, 4) is 0 Å². The monoisotopic (exact) mass is 298 g/mol. The van der Waals surface area contributed by atoms with E-state index in [0.29, 0.717) is 5.82 Å². The minimum atomic E-state index is -0.701. The van der Waals surface area contributed by atoms with E-state index >= 15 is 0 Å². The maximum Gasteiger partial charge on any atom is 0.258 e. The first-order valence-electron chi connectivity index (χ1n) is 5.36. The summed E-state index contributed by atoms with van der Waals surface area (Å²) in [5, 5.41) is 2.49. The summed E-state index contributed by atoms with van der Waals surface area (Å²) in [6.07, 6.45) is 1.56. The lowest BCUT2D eigenvalue weighted by Gasteiger charge is -2.07. The fourth-order valence-electron chi connectivity index (χ4n) is 1.48. The zero-order valence-electron chi connectivity index (χ0n) is 9.88. The molecule has 0 aliphatic carbocycles. The van der Waals surface area contributed by atoms with Gasteiger partial charge in [-0.1, -0.05) is 23.2 Å². The van der Waals surface area contributed by atoms with Crippen LogP contribution in [0.1, 0.15) is 15.9 Å². The Morgan fingerprint density at radius 1 is 1.26 bits per heavy atom. The van der Waals surface area contributed by atoms with E-state index in [0.717, 1.165) is 11.6 Å². The number of anilines is 1. The van der Waals surface area contributed by atoms with E-state index < -0.39 is 11.7 Å². The van der Waals surface area contributed by atoms with Crippen LogP contribution >= 0.6 is 23.2 Å². The maximum absolute atomic E-state index is 13.3. The number of hydrogen-bond acceptors (Lipinski definition) is 2. The fourth-order valence-corrected chi connectivity index (χ4v) is 1.95. The van der Waals surface area contributed by atoms with Crippen LogP contribution in [0.3, 0.4) is 0 Å². The average molecular weight is 299 g/mol. The van der Waals surface area contributed by atoms with Gasteiger partial charge in [-0.15, -0.1) is 0 Å². The third-order valence-corrected chi connectivity index (χ3v) is 3.01. The third-order valence-electron chi connectivity index (χ3n) is 2.41. The zero-order chi connectivity index (χ0) is 14.0. The van der Waals surface area contributed by atoms with Crippen LogP contribution in [-0.4, -0.2) is 10.9 Å². The molecule has 1 aromatic carbocycles. The van der Waals surface area contributed by atoms with Crippen LogP contribution in [0, 0.1) is 12.7 Å². The molecule has 0 aliphatic rings. The number of carbonyl (C=O) groups is 1. The molecule has 2 rings (SSSR count). The number of amides is 1. The fraction of sp³-hybridized carbons (Fsp3) is 0.0769. The Hall–Kier alpha value is -1.65. The molecule has 0 radical (unpaired) electrons. The van der Waals surface area contributed by atoms with Crippen LogP contribution < -0.4 is 5.32 Å². The van der Waals surface area contributed by atoms with Crippen molar-refractivity contribution in [3.05, 3.63) is 57.5 Å². The first-order chi connectivity index (χ1) is 8.97. The van der Waals surface area contributed by atoms with Gasteiger partial charge in [0.15, 0.2) is 0 Å². The summed E-state index contributed by atoms with van der Waals surface area (Å²) < 4.78 is 13.3. The van der Waals surface area contributed by atoms with Crippen LogP contribution in [0.5, 0.6) is 0 Å². The normalized spacial score (nSPS) is 10.3. The smallest absolute Gasteiger partial charge is 0.258 e. The molecule has 1 heterocycles. The van der Waals surface area contributed by atoms with Gasteiger partial charge in [0, 0.05) is 6.20 Å². The van der Waals surface area contributed by atoms with Crippen molar-refractivity contribution in [2.45, 2.75) is 6.92 Å². The highest BCUT2D eigenvalue weighted by Crippen LogP contribution is 2.25. The maximum atomic E-state index is 13.3. The highest BCUT2D eigenvalue weighted by Gasteiger charge is 2.14. The Morgan fingerprint density at radius 2 is 2.00 bits per heavy atom. The Labute approximate surface area is 119 Å². The largest absolute Gasteiger partial charge is 0.307 e. The number of rotatable bonds is 2. The predicted octanol–water partition coefficient (Wildman–Crippen LogP) is 4.09. The third kappa shape index (κ3) is 3.22. The van der Waals surface area contributed by atoms with E-state index in [1.807, 2.05) is 6.92 Å². The molecule has 1 N–H and O–H groups in total. The number of aromatic nitrogens is 1. The molecule has 98 valence electrons. The Morgan fingerprint density at radius 3 is 2.68 bits per heavy atom. The zero-order valence-corrected chi connectivity index (χ0v) is 11.4. The predicted molar refractivity (Wildman–Crippen MR) is 73.3 cm³/mol. The number of pyridine rings is 1. The summed E-state index contributed by atoms with van der Waals surface area (Å²) in [6, 6.07) is 5.68. The molecular weight excluding hydrogens is 290 g/mol. The van der Waals surface area contributed by atoms with Gasteiger partial charge >= 0.3 is 0 Å². The minimum Gasteiger partial charge on any atom is -0.307 e. The van der Waals surface area contributed by atoms with E-state index in [-0.39, 0.29) is 15.6 Å². The molecule has 3 nitrogen and oxygen atoms in total. The standard InChI is InChI=1S/C13H9Cl2FN2O/c1-7-2-3-17-12(4-7)18-13(19)8-5-11(16)10(15)6-9(8)14/h2-6H,1H3,(H,17,18,19). The Bertz CT molecular complexity index is 647. The SMILES string of the molecule is Cc1ccnc(NC(=O)c2cc(F)c(Cl)cc2Cl)c1. The second kappa shape index (κ2) is 5.55. The second-order valence-corrected chi connectivity index (χ2v) is 4.73. The lowest BCUT2D eigenvalue weighted by atomic mass is 10.2. The number of aryl methyl sites for hydroxylation is 1. The first kappa shape index (κ1) is 13.8. The number of halogens is 3. The van der Waals surface area contributed by atoms with Crippen LogP contribution in [0.25, 0.3) is 0 Å². The van der Waals surface area contributed by atoms with E-state index in [1.165, 1.54) is 6.07 Å². The van der Waals surface area contributed by atoms with Gasteiger partial charge in [-0.25, -0.2) is 9.37 Å². The molecular formula is C13H9Cl2FN2O. The number of nitrogens with one attached hydrogen (secondary N) is 1. The van der Waals surface area contributed by atoms with Gasteiger partial charge in [0.25, 0.3) is 5.91 Å². The van der Waals surface area contributed by atoms with E-state index in [1.54, 1.807) is 18.3 Å². The summed E-state index contributed by atoms with van der Waals surface area (Å²) in [4.78, 5) is 15.9. The van der Waals surface area contributed by atoms with Crippen molar-refractivity contribution in [2.24, 2.45) is 0 Å². The molecule has 0 unspecified atom stereocenters. The molecule has 1 aromatic heterocycles. The molecule has 0 aliphatic heterocycles. The van der Waals surface area contributed by atoms with Crippen molar-refractivity contribution in [1.82, 2.24) is 4.98 Å². The van der Waals surface area contributed by atoms with Crippen LogP contribution in [0.2, 0.25) is 10.0 Å². The average Bonchev–Trinajstić information content (AvgIpc) is 2.33. The summed E-state index contributed by atoms with van der Waals surface area (Å²) >= 11 is 11.4. The Kier molecular flexibility index (Phi) is 4.02. The van der Waals surface area contributed by atoms with Gasteiger partial charge in [-0.2, -0.15) is 0 Å². The lowest BCUT2D eigenvalue weighted by Crippen LogP contribution is -2.14. The molecule has 0 spiro atoms. The van der Waals surface area contributed by atoms with Crippen LogP contribution in [0.4, 0.5) is 10.2 Å². The molecule has 6 heteroatoms. The van der Waals surface area contributed by atoms with Crippen LogP contribution in [-0.2, 0) is 0 Å². The van der Waals surface area contributed by atoms with E-state index in [4.69, 9.17) is 23.2 Å². The summed E-state index contributed by atoms with van der Waals surface area (Å²) in [6.45, 7) is 1.87. The Balaban J connectivity index is 2.28. The summed E-state index contributed by atoms with van der Waals surface area (Å²) in [7, 11) is 0. The number of nitrogens with zero attached hydrogens (tertiary/aromatic N) is 1. The molecule has 0 saturated carbocycles. The summed E-state index contributed by atoms with van der Waals surface area (Å²) in [5.41, 5.74) is 0.950. The van der Waals surface area contributed by atoms with Crippen molar-refractivity contribution in [2.75, 3.05) is 5.32 Å².